The predicted molar refractivity (Wildman–Crippen MR) is 90.8 cm³/mol. The average molecular weight is 329 g/mol. The summed E-state index contributed by atoms with van der Waals surface area (Å²) in [6, 6.07) is 5.73. The van der Waals surface area contributed by atoms with Crippen LogP contribution in [0.25, 0.3) is 0 Å². The molecule has 1 amide bonds. The third kappa shape index (κ3) is 5.69. The molecule has 0 bridgehead atoms. The van der Waals surface area contributed by atoms with Crippen molar-refractivity contribution in [1.82, 2.24) is 4.98 Å². The summed E-state index contributed by atoms with van der Waals surface area (Å²) in [5.74, 6) is 1.32. The molecule has 1 fully saturated rings. The van der Waals surface area contributed by atoms with Gasteiger partial charge in [0.2, 0.25) is 0 Å². The normalized spacial score (nSPS) is 18.4. The maximum Gasteiger partial charge on any atom is 0.413 e. The molecule has 124 valence electrons. The number of pyridine rings is 1. The van der Waals surface area contributed by atoms with Crippen molar-refractivity contribution in [3.05, 3.63) is 18.2 Å². The minimum atomic E-state index is -0.526. The number of nitrogens with zero attached hydrogens (tertiary/aromatic N) is 2. The zero-order valence-corrected chi connectivity index (χ0v) is 14.2. The number of rotatable bonds is 2. The van der Waals surface area contributed by atoms with Crippen LogP contribution in [0, 0.1) is 0 Å². The van der Waals surface area contributed by atoms with Crippen LogP contribution in [-0.2, 0) is 4.74 Å². The molecule has 0 aliphatic carbocycles. The highest BCUT2D eigenvalue weighted by molar-refractivity contribution is 5.85. The molecule has 6 nitrogen and oxygen atoms in total. The van der Waals surface area contributed by atoms with Gasteiger partial charge in [-0.3, -0.25) is 5.32 Å². The molecule has 1 aromatic heterocycles. The Morgan fingerprint density at radius 2 is 2.18 bits per heavy atom. The van der Waals surface area contributed by atoms with E-state index >= 15 is 0 Å². The minimum absolute atomic E-state index is 0. The SMILES string of the molecule is CC(C)(C)OC(=O)Nc1cccc(N2CCCC(N)C2)n1.Cl. The Labute approximate surface area is 137 Å². The van der Waals surface area contributed by atoms with Crippen LogP contribution in [0.1, 0.15) is 33.6 Å². The number of amides is 1. The van der Waals surface area contributed by atoms with Crippen molar-refractivity contribution in [3.8, 4) is 0 Å². The zero-order chi connectivity index (χ0) is 15.5. The lowest BCUT2D eigenvalue weighted by Gasteiger charge is -2.31. The number of piperidine rings is 1. The number of ether oxygens (including phenoxy) is 1. The Hall–Kier alpha value is -1.53. The van der Waals surface area contributed by atoms with Crippen LogP contribution in [0.15, 0.2) is 18.2 Å². The molecular weight excluding hydrogens is 304 g/mol. The Morgan fingerprint density at radius 1 is 1.45 bits per heavy atom. The lowest BCUT2D eigenvalue weighted by Crippen LogP contribution is -2.43. The van der Waals surface area contributed by atoms with Gasteiger partial charge < -0.3 is 15.4 Å². The van der Waals surface area contributed by atoms with E-state index in [2.05, 4.69) is 15.2 Å². The number of hydrogen-bond acceptors (Lipinski definition) is 5. The Bertz CT molecular complexity index is 505. The van der Waals surface area contributed by atoms with Crippen molar-refractivity contribution in [2.45, 2.75) is 45.3 Å². The largest absolute Gasteiger partial charge is 0.444 e. The molecule has 1 atom stereocenters. The second-order valence-corrected chi connectivity index (χ2v) is 6.36. The molecular formula is C15H25ClN4O2. The summed E-state index contributed by atoms with van der Waals surface area (Å²) in [5, 5.41) is 2.66. The molecule has 2 heterocycles. The van der Waals surface area contributed by atoms with Crippen molar-refractivity contribution in [3.63, 3.8) is 0 Å². The molecule has 1 saturated heterocycles. The van der Waals surface area contributed by atoms with Crippen LogP contribution in [0.3, 0.4) is 0 Å². The van der Waals surface area contributed by atoms with E-state index in [-0.39, 0.29) is 18.4 Å². The summed E-state index contributed by atoms with van der Waals surface area (Å²) in [7, 11) is 0. The molecule has 0 saturated carbocycles. The average Bonchev–Trinajstić information content (AvgIpc) is 2.36. The first-order chi connectivity index (χ1) is 9.83. The number of carbonyl (C=O) groups excluding carboxylic acids is 1. The highest BCUT2D eigenvalue weighted by Crippen LogP contribution is 2.19. The molecule has 0 radical (unpaired) electrons. The van der Waals surface area contributed by atoms with Gasteiger partial charge in [-0.05, 0) is 45.7 Å². The maximum absolute atomic E-state index is 11.8. The van der Waals surface area contributed by atoms with Gasteiger partial charge >= 0.3 is 6.09 Å². The number of carbonyl (C=O) groups is 1. The first-order valence-corrected chi connectivity index (χ1v) is 7.31. The third-order valence-corrected chi connectivity index (χ3v) is 3.15. The van der Waals surface area contributed by atoms with Crippen molar-refractivity contribution in [2.75, 3.05) is 23.3 Å². The van der Waals surface area contributed by atoms with Crippen LogP contribution in [0.5, 0.6) is 0 Å². The Balaban J connectivity index is 0.00000242. The fraction of sp³-hybridized carbons (Fsp3) is 0.600. The standard InChI is InChI=1S/C15H24N4O2.ClH/c1-15(2,3)21-14(20)18-12-7-4-8-13(17-12)19-9-5-6-11(16)10-19;/h4,7-8,11H,5-6,9-10,16H2,1-3H3,(H,17,18,20);1H. The summed E-state index contributed by atoms with van der Waals surface area (Å²) in [4.78, 5) is 18.4. The van der Waals surface area contributed by atoms with E-state index in [1.165, 1.54) is 0 Å². The van der Waals surface area contributed by atoms with Crippen molar-refractivity contribution in [2.24, 2.45) is 5.73 Å². The van der Waals surface area contributed by atoms with Crippen LogP contribution in [0.4, 0.5) is 16.4 Å². The second kappa shape index (κ2) is 7.65. The van der Waals surface area contributed by atoms with Gasteiger partial charge in [-0.25, -0.2) is 9.78 Å². The minimum Gasteiger partial charge on any atom is -0.444 e. The first kappa shape index (κ1) is 18.5. The highest BCUT2D eigenvalue weighted by atomic mass is 35.5. The Morgan fingerprint density at radius 3 is 2.82 bits per heavy atom. The number of aromatic nitrogens is 1. The monoisotopic (exact) mass is 328 g/mol. The molecule has 2 rings (SSSR count). The summed E-state index contributed by atoms with van der Waals surface area (Å²) in [5.41, 5.74) is 5.47. The third-order valence-electron chi connectivity index (χ3n) is 3.15. The number of halogens is 1. The Kier molecular flexibility index (Phi) is 6.44. The molecule has 1 aliphatic rings. The molecule has 7 heteroatoms. The molecule has 3 N–H and O–H groups in total. The lowest BCUT2D eigenvalue weighted by molar-refractivity contribution is 0.0635. The molecule has 1 unspecified atom stereocenters. The van der Waals surface area contributed by atoms with Crippen LogP contribution in [0.2, 0.25) is 0 Å². The number of nitrogens with two attached hydrogens (primary N) is 1. The van der Waals surface area contributed by atoms with E-state index < -0.39 is 11.7 Å². The van der Waals surface area contributed by atoms with Gasteiger partial charge in [0.1, 0.15) is 17.2 Å². The number of nitrogens with one attached hydrogen (secondary N) is 1. The summed E-state index contributed by atoms with van der Waals surface area (Å²) < 4.78 is 5.22. The fourth-order valence-electron chi connectivity index (χ4n) is 2.30. The highest BCUT2D eigenvalue weighted by Gasteiger charge is 2.19. The van der Waals surface area contributed by atoms with Crippen LogP contribution >= 0.6 is 12.4 Å². The van der Waals surface area contributed by atoms with Gasteiger partial charge in [-0.2, -0.15) is 0 Å². The summed E-state index contributed by atoms with van der Waals surface area (Å²) >= 11 is 0. The van der Waals surface area contributed by atoms with E-state index in [9.17, 15) is 4.79 Å². The molecule has 0 spiro atoms. The van der Waals surface area contributed by atoms with Crippen molar-refractivity contribution in [1.29, 1.82) is 0 Å². The van der Waals surface area contributed by atoms with Gasteiger partial charge in [0.25, 0.3) is 0 Å². The maximum atomic E-state index is 11.8. The quantitative estimate of drug-likeness (QED) is 0.872. The van der Waals surface area contributed by atoms with Gasteiger partial charge in [-0.15, -0.1) is 12.4 Å². The second-order valence-electron chi connectivity index (χ2n) is 6.36. The summed E-state index contributed by atoms with van der Waals surface area (Å²) in [6.07, 6.45) is 1.61. The smallest absolute Gasteiger partial charge is 0.413 e. The molecule has 1 aromatic rings. The lowest BCUT2D eigenvalue weighted by atomic mass is 10.1. The summed E-state index contributed by atoms with van der Waals surface area (Å²) in [6.45, 7) is 7.21. The fourth-order valence-corrected chi connectivity index (χ4v) is 2.30. The molecule has 22 heavy (non-hydrogen) atoms. The topological polar surface area (TPSA) is 80.5 Å². The van der Waals surface area contributed by atoms with E-state index in [4.69, 9.17) is 10.5 Å². The number of hydrogen-bond donors (Lipinski definition) is 2. The van der Waals surface area contributed by atoms with E-state index in [0.717, 1.165) is 31.7 Å². The van der Waals surface area contributed by atoms with Crippen molar-refractivity contribution >= 4 is 30.1 Å². The number of anilines is 2. The van der Waals surface area contributed by atoms with Gasteiger partial charge in [0, 0.05) is 19.1 Å². The molecule has 0 aromatic carbocycles. The van der Waals surface area contributed by atoms with E-state index in [1.807, 2.05) is 32.9 Å². The molecule has 1 aliphatic heterocycles. The van der Waals surface area contributed by atoms with Crippen LogP contribution < -0.4 is 16.0 Å². The van der Waals surface area contributed by atoms with Gasteiger partial charge in [0.15, 0.2) is 0 Å². The van der Waals surface area contributed by atoms with Gasteiger partial charge in [0.05, 0.1) is 0 Å². The zero-order valence-electron chi connectivity index (χ0n) is 13.3. The van der Waals surface area contributed by atoms with Crippen LogP contribution in [-0.4, -0.2) is 35.8 Å². The first-order valence-electron chi connectivity index (χ1n) is 7.31. The van der Waals surface area contributed by atoms with Gasteiger partial charge in [-0.1, -0.05) is 6.07 Å². The van der Waals surface area contributed by atoms with E-state index in [0.29, 0.717) is 5.82 Å². The van der Waals surface area contributed by atoms with E-state index in [1.54, 1.807) is 6.07 Å². The van der Waals surface area contributed by atoms with Crippen molar-refractivity contribution < 1.29 is 9.53 Å². The predicted octanol–water partition coefficient (Wildman–Crippen LogP) is 2.78.